The molecule has 2 heterocycles. The van der Waals surface area contributed by atoms with Crippen molar-refractivity contribution in [2.45, 2.75) is 25.9 Å². The summed E-state index contributed by atoms with van der Waals surface area (Å²) in [5.41, 5.74) is 3.56. The van der Waals surface area contributed by atoms with E-state index in [1.54, 1.807) is 0 Å². The predicted octanol–water partition coefficient (Wildman–Crippen LogP) is 4.45. The molecule has 0 amide bonds. The first kappa shape index (κ1) is 14.5. The molecule has 0 N–H and O–H groups in total. The lowest BCUT2D eigenvalue weighted by Gasteiger charge is -2.22. The molecule has 2 aromatic carbocycles. The van der Waals surface area contributed by atoms with Gasteiger partial charge in [0.2, 0.25) is 11.8 Å². The standard InChI is InChI=1S/C18H16BrN3O/c1-12-10-13-6-2-5-9-16(13)22(12)11-17-20-21-18(23-17)14-7-3-4-8-15(14)19/h2-9,12H,10-11H2,1H3/t12-/m1/s1. The summed E-state index contributed by atoms with van der Waals surface area (Å²) in [7, 11) is 0. The van der Waals surface area contributed by atoms with Gasteiger partial charge in [0, 0.05) is 16.2 Å². The average Bonchev–Trinajstić information content (AvgIpc) is 3.14. The van der Waals surface area contributed by atoms with Crippen LogP contribution in [0, 0.1) is 0 Å². The molecule has 0 saturated carbocycles. The van der Waals surface area contributed by atoms with E-state index in [4.69, 9.17) is 4.42 Å². The molecule has 1 atom stereocenters. The fourth-order valence-electron chi connectivity index (χ4n) is 3.08. The summed E-state index contributed by atoms with van der Waals surface area (Å²) in [6.45, 7) is 2.86. The minimum absolute atomic E-state index is 0.436. The highest BCUT2D eigenvalue weighted by Crippen LogP contribution is 2.33. The summed E-state index contributed by atoms with van der Waals surface area (Å²) < 4.78 is 6.84. The van der Waals surface area contributed by atoms with Crippen molar-refractivity contribution in [1.82, 2.24) is 10.2 Å². The minimum atomic E-state index is 0.436. The molecule has 1 aliphatic heterocycles. The zero-order valence-corrected chi connectivity index (χ0v) is 14.3. The van der Waals surface area contributed by atoms with Gasteiger partial charge in [-0.1, -0.05) is 30.3 Å². The predicted molar refractivity (Wildman–Crippen MR) is 93.2 cm³/mol. The van der Waals surface area contributed by atoms with Gasteiger partial charge in [0.05, 0.1) is 12.1 Å². The largest absolute Gasteiger partial charge is 0.419 e. The van der Waals surface area contributed by atoms with E-state index < -0.39 is 0 Å². The molecular formula is C18H16BrN3O. The fraction of sp³-hybridized carbons (Fsp3) is 0.222. The van der Waals surface area contributed by atoms with Gasteiger partial charge >= 0.3 is 0 Å². The Labute approximate surface area is 143 Å². The van der Waals surface area contributed by atoms with Gasteiger partial charge in [-0.15, -0.1) is 10.2 Å². The molecule has 0 aliphatic carbocycles. The van der Waals surface area contributed by atoms with Gasteiger partial charge in [-0.05, 0) is 53.0 Å². The molecule has 0 saturated heterocycles. The van der Waals surface area contributed by atoms with Crippen molar-refractivity contribution in [3.63, 3.8) is 0 Å². The third-order valence-corrected chi connectivity index (χ3v) is 4.92. The van der Waals surface area contributed by atoms with Crippen LogP contribution in [0.5, 0.6) is 0 Å². The van der Waals surface area contributed by atoms with Crippen LogP contribution in [0.4, 0.5) is 5.69 Å². The van der Waals surface area contributed by atoms with Gasteiger partial charge in [0.1, 0.15) is 0 Å². The number of halogens is 1. The second kappa shape index (κ2) is 5.81. The Morgan fingerprint density at radius 3 is 2.78 bits per heavy atom. The molecule has 23 heavy (non-hydrogen) atoms. The maximum absolute atomic E-state index is 5.88. The maximum atomic E-state index is 5.88. The molecule has 0 radical (unpaired) electrons. The Balaban J connectivity index is 1.60. The number of aromatic nitrogens is 2. The maximum Gasteiger partial charge on any atom is 0.248 e. The van der Waals surface area contributed by atoms with E-state index in [9.17, 15) is 0 Å². The molecule has 4 rings (SSSR count). The molecule has 1 aliphatic rings. The second-order valence-corrected chi connectivity index (χ2v) is 6.64. The lowest BCUT2D eigenvalue weighted by molar-refractivity contribution is 0.488. The van der Waals surface area contributed by atoms with Gasteiger partial charge in [0.15, 0.2) is 0 Å². The molecule has 0 bridgehead atoms. The third kappa shape index (κ3) is 2.65. The lowest BCUT2D eigenvalue weighted by Crippen LogP contribution is -2.28. The van der Waals surface area contributed by atoms with Crippen LogP contribution in [-0.2, 0) is 13.0 Å². The summed E-state index contributed by atoms with van der Waals surface area (Å²) in [5.74, 6) is 1.19. The zero-order chi connectivity index (χ0) is 15.8. The van der Waals surface area contributed by atoms with Crippen molar-refractivity contribution in [2.75, 3.05) is 4.90 Å². The van der Waals surface area contributed by atoms with Gasteiger partial charge < -0.3 is 9.32 Å². The van der Waals surface area contributed by atoms with E-state index in [0.29, 0.717) is 24.4 Å². The first-order valence-electron chi connectivity index (χ1n) is 7.64. The SMILES string of the molecule is C[C@@H]1Cc2ccccc2N1Cc1nnc(-c2ccccc2Br)o1. The molecule has 3 aromatic rings. The highest BCUT2D eigenvalue weighted by Gasteiger charge is 2.27. The van der Waals surface area contributed by atoms with Crippen LogP contribution in [-0.4, -0.2) is 16.2 Å². The average molecular weight is 370 g/mol. The zero-order valence-electron chi connectivity index (χ0n) is 12.7. The van der Waals surface area contributed by atoms with E-state index >= 15 is 0 Å². The van der Waals surface area contributed by atoms with Crippen molar-refractivity contribution < 1.29 is 4.42 Å². The molecule has 5 heteroatoms. The van der Waals surface area contributed by atoms with Crippen LogP contribution in [0.3, 0.4) is 0 Å². The minimum Gasteiger partial charge on any atom is -0.419 e. The van der Waals surface area contributed by atoms with Crippen LogP contribution in [0.2, 0.25) is 0 Å². The van der Waals surface area contributed by atoms with E-state index in [1.807, 2.05) is 24.3 Å². The summed E-state index contributed by atoms with van der Waals surface area (Å²) in [4.78, 5) is 2.33. The highest BCUT2D eigenvalue weighted by molar-refractivity contribution is 9.10. The summed E-state index contributed by atoms with van der Waals surface area (Å²) >= 11 is 3.52. The smallest absolute Gasteiger partial charge is 0.248 e. The quantitative estimate of drug-likeness (QED) is 0.683. The lowest BCUT2D eigenvalue weighted by atomic mass is 10.1. The van der Waals surface area contributed by atoms with E-state index in [2.05, 4.69) is 62.2 Å². The van der Waals surface area contributed by atoms with Gasteiger partial charge in [0.25, 0.3) is 0 Å². The Morgan fingerprint density at radius 2 is 1.91 bits per heavy atom. The molecular weight excluding hydrogens is 354 g/mol. The number of anilines is 1. The van der Waals surface area contributed by atoms with E-state index in [-0.39, 0.29) is 0 Å². The molecule has 1 aromatic heterocycles. The number of rotatable bonds is 3. The Bertz CT molecular complexity index is 846. The van der Waals surface area contributed by atoms with Crippen LogP contribution in [0.25, 0.3) is 11.5 Å². The van der Waals surface area contributed by atoms with Crippen LogP contribution in [0.15, 0.2) is 57.4 Å². The molecule has 0 unspecified atom stereocenters. The van der Waals surface area contributed by atoms with Crippen molar-refractivity contribution in [3.8, 4) is 11.5 Å². The van der Waals surface area contributed by atoms with Crippen molar-refractivity contribution in [3.05, 3.63) is 64.5 Å². The van der Waals surface area contributed by atoms with Crippen molar-refractivity contribution >= 4 is 21.6 Å². The summed E-state index contributed by atoms with van der Waals surface area (Å²) in [6.07, 6.45) is 1.06. The van der Waals surface area contributed by atoms with E-state index in [1.165, 1.54) is 11.3 Å². The number of para-hydroxylation sites is 1. The monoisotopic (exact) mass is 369 g/mol. The van der Waals surface area contributed by atoms with Gasteiger partial charge in [-0.25, -0.2) is 0 Å². The number of benzene rings is 2. The molecule has 0 fully saturated rings. The molecule has 116 valence electrons. The molecule has 4 nitrogen and oxygen atoms in total. The normalized spacial score (nSPS) is 16.6. The first-order valence-corrected chi connectivity index (χ1v) is 8.43. The van der Waals surface area contributed by atoms with Crippen LogP contribution < -0.4 is 4.90 Å². The van der Waals surface area contributed by atoms with Crippen molar-refractivity contribution in [1.29, 1.82) is 0 Å². The van der Waals surface area contributed by atoms with E-state index in [0.717, 1.165) is 16.5 Å². The number of hydrogen-bond acceptors (Lipinski definition) is 4. The topological polar surface area (TPSA) is 42.2 Å². The first-order chi connectivity index (χ1) is 11.2. The summed E-state index contributed by atoms with van der Waals surface area (Å²) in [6, 6.07) is 16.8. The summed E-state index contributed by atoms with van der Waals surface area (Å²) in [5, 5.41) is 8.42. The number of nitrogens with zero attached hydrogens (tertiary/aromatic N) is 3. The third-order valence-electron chi connectivity index (χ3n) is 4.23. The Kier molecular flexibility index (Phi) is 3.65. The Morgan fingerprint density at radius 1 is 1.13 bits per heavy atom. The number of fused-ring (bicyclic) bond motifs is 1. The molecule has 0 spiro atoms. The van der Waals surface area contributed by atoms with Gasteiger partial charge in [-0.3, -0.25) is 0 Å². The second-order valence-electron chi connectivity index (χ2n) is 5.79. The fourth-order valence-corrected chi connectivity index (χ4v) is 3.53. The Hall–Kier alpha value is -2.14. The van der Waals surface area contributed by atoms with Crippen LogP contribution >= 0.6 is 15.9 Å². The highest BCUT2D eigenvalue weighted by atomic mass is 79.9. The van der Waals surface area contributed by atoms with Crippen LogP contribution in [0.1, 0.15) is 18.4 Å². The number of hydrogen-bond donors (Lipinski definition) is 0. The van der Waals surface area contributed by atoms with Gasteiger partial charge in [-0.2, -0.15) is 0 Å². The van der Waals surface area contributed by atoms with Crippen molar-refractivity contribution in [2.24, 2.45) is 0 Å².